The van der Waals surface area contributed by atoms with E-state index in [9.17, 15) is 0 Å². The first-order chi connectivity index (χ1) is 8.26. The minimum Gasteiger partial charge on any atom is -0.496 e. The van der Waals surface area contributed by atoms with Crippen LogP contribution in [0.5, 0.6) is 5.75 Å². The van der Waals surface area contributed by atoms with E-state index >= 15 is 0 Å². The molecule has 0 saturated carbocycles. The Labute approximate surface area is 109 Å². The second kappa shape index (κ2) is 5.49. The van der Waals surface area contributed by atoms with Gasteiger partial charge in [-0.2, -0.15) is 0 Å². The number of ether oxygens (including phenoxy) is 1. The van der Waals surface area contributed by atoms with E-state index in [4.69, 9.17) is 22.1 Å². The van der Waals surface area contributed by atoms with Crippen molar-refractivity contribution in [3.63, 3.8) is 0 Å². The summed E-state index contributed by atoms with van der Waals surface area (Å²) >= 11 is 7.64. The molecule has 0 aliphatic carbocycles. The number of thiazole rings is 1. The lowest BCUT2D eigenvalue weighted by atomic mass is 10.2. The van der Waals surface area contributed by atoms with E-state index in [1.54, 1.807) is 18.4 Å². The first-order valence-corrected chi connectivity index (χ1v) is 6.44. The molecule has 0 saturated heterocycles. The second-order valence-electron chi connectivity index (χ2n) is 3.47. The SMILES string of the molecule is COc1ccccc1-c1nc(Cl)c(CCN)s1. The molecular weight excluding hydrogens is 256 g/mol. The standard InChI is InChI=1S/C12H13ClN2OS/c1-16-9-5-3-2-4-8(9)12-15-11(13)10(17-12)6-7-14/h2-5H,6-7,14H2,1H3. The van der Waals surface area contributed by atoms with Crippen molar-refractivity contribution in [3.05, 3.63) is 34.3 Å². The van der Waals surface area contributed by atoms with Crippen LogP contribution in [0, 0.1) is 0 Å². The summed E-state index contributed by atoms with van der Waals surface area (Å²) < 4.78 is 5.31. The van der Waals surface area contributed by atoms with Gasteiger partial charge in [0, 0.05) is 4.88 Å². The second-order valence-corrected chi connectivity index (χ2v) is 4.91. The molecule has 2 N–H and O–H groups in total. The summed E-state index contributed by atoms with van der Waals surface area (Å²) in [6.07, 6.45) is 0.756. The Morgan fingerprint density at radius 3 is 2.88 bits per heavy atom. The molecule has 5 heteroatoms. The molecule has 2 rings (SSSR count). The molecule has 0 amide bonds. The van der Waals surface area contributed by atoms with E-state index in [0.717, 1.165) is 27.6 Å². The highest BCUT2D eigenvalue weighted by atomic mass is 35.5. The van der Waals surface area contributed by atoms with Crippen molar-refractivity contribution in [2.45, 2.75) is 6.42 Å². The zero-order valence-corrected chi connectivity index (χ0v) is 11.0. The highest BCUT2D eigenvalue weighted by Crippen LogP contribution is 2.35. The van der Waals surface area contributed by atoms with Crippen LogP contribution < -0.4 is 10.5 Å². The van der Waals surface area contributed by atoms with Gasteiger partial charge in [-0.1, -0.05) is 23.7 Å². The average Bonchev–Trinajstić information content (AvgIpc) is 2.71. The number of halogens is 1. The molecule has 3 nitrogen and oxygen atoms in total. The number of benzene rings is 1. The quantitative estimate of drug-likeness (QED) is 0.927. The monoisotopic (exact) mass is 268 g/mol. The topological polar surface area (TPSA) is 48.1 Å². The molecule has 0 bridgehead atoms. The highest BCUT2D eigenvalue weighted by Gasteiger charge is 2.13. The Balaban J connectivity index is 2.42. The van der Waals surface area contributed by atoms with Crippen LogP contribution in [0.2, 0.25) is 5.15 Å². The third-order valence-electron chi connectivity index (χ3n) is 2.36. The van der Waals surface area contributed by atoms with Crippen LogP contribution in [0.1, 0.15) is 4.88 Å². The largest absolute Gasteiger partial charge is 0.496 e. The molecule has 0 atom stereocenters. The number of nitrogens with two attached hydrogens (primary N) is 1. The minimum atomic E-state index is 0.543. The summed E-state index contributed by atoms with van der Waals surface area (Å²) in [4.78, 5) is 5.38. The van der Waals surface area contributed by atoms with Crippen molar-refractivity contribution in [2.24, 2.45) is 5.73 Å². The smallest absolute Gasteiger partial charge is 0.143 e. The molecule has 17 heavy (non-hydrogen) atoms. The normalized spacial score (nSPS) is 10.5. The molecule has 2 aromatic rings. The number of hydrogen-bond acceptors (Lipinski definition) is 4. The first-order valence-electron chi connectivity index (χ1n) is 5.25. The number of nitrogens with zero attached hydrogens (tertiary/aromatic N) is 1. The van der Waals surface area contributed by atoms with Crippen molar-refractivity contribution in [1.29, 1.82) is 0 Å². The van der Waals surface area contributed by atoms with Gasteiger partial charge in [0.2, 0.25) is 0 Å². The minimum absolute atomic E-state index is 0.543. The lowest BCUT2D eigenvalue weighted by Gasteiger charge is -2.04. The first kappa shape index (κ1) is 12.4. The zero-order valence-electron chi connectivity index (χ0n) is 9.44. The molecule has 0 spiro atoms. The van der Waals surface area contributed by atoms with Crippen LogP contribution >= 0.6 is 22.9 Å². The Morgan fingerprint density at radius 1 is 1.41 bits per heavy atom. The molecule has 0 fully saturated rings. The number of rotatable bonds is 4. The van der Waals surface area contributed by atoms with Crippen LogP contribution in [0.3, 0.4) is 0 Å². The summed E-state index contributed by atoms with van der Waals surface area (Å²) in [7, 11) is 1.65. The lowest BCUT2D eigenvalue weighted by molar-refractivity contribution is 0.416. The maximum absolute atomic E-state index is 6.07. The van der Waals surface area contributed by atoms with E-state index in [2.05, 4.69) is 4.98 Å². The van der Waals surface area contributed by atoms with E-state index < -0.39 is 0 Å². The van der Waals surface area contributed by atoms with E-state index in [-0.39, 0.29) is 0 Å². The van der Waals surface area contributed by atoms with Crippen LogP contribution in [-0.2, 0) is 6.42 Å². The maximum atomic E-state index is 6.07. The molecule has 0 aliphatic heterocycles. The van der Waals surface area contributed by atoms with Crippen molar-refractivity contribution in [3.8, 4) is 16.3 Å². The van der Waals surface area contributed by atoms with Gasteiger partial charge in [-0.05, 0) is 25.1 Å². The molecule has 90 valence electrons. The molecule has 0 unspecified atom stereocenters. The number of para-hydroxylation sites is 1. The summed E-state index contributed by atoms with van der Waals surface area (Å²) in [5, 5.41) is 1.41. The molecule has 1 aromatic heterocycles. The zero-order chi connectivity index (χ0) is 12.3. The molecular formula is C12H13ClN2OS. The fourth-order valence-electron chi connectivity index (χ4n) is 1.55. The van der Waals surface area contributed by atoms with Crippen LogP contribution in [0.25, 0.3) is 10.6 Å². The Bertz CT molecular complexity index is 513. The van der Waals surface area contributed by atoms with Gasteiger partial charge < -0.3 is 10.5 Å². The average molecular weight is 269 g/mol. The predicted octanol–water partition coefficient (Wildman–Crippen LogP) is 2.97. The molecule has 1 heterocycles. The van der Waals surface area contributed by atoms with E-state index in [0.29, 0.717) is 11.7 Å². The highest BCUT2D eigenvalue weighted by molar-refractivity contribution is 7.15. The van der Waals surface area contributed by atoms with Crippen molar-refractivity contribution >= 4 is 22.9 Å². The van der Waals surface area contributed by atoms with Gasteiger partial charge in [0.25, 0.3) is 0 Å². The van der Waals surface area contributed by atoms with Gasteiger partial charge in [-0.25, -0.2) is 4.98 Å². The summed E-state index contributed by atoms with van der Waals surface area (Å²) in [6, 6.07) is 7.77. The van der Waals surface area contributed by atoms with Crippen molar-refractivity contribution in [2.75, 3.05) is 13.7 Å². The fourth-order valence-corrected chi connectivity index (χ4v) is 2.90. The number of methoxy groups -OCH3 is 1. The molecule has 0 aliphatic rings. The van der Waals surface area contributed by atoms with Gasteiger partial charge in [0.05, 0.1) is 12.7 Å². The van der Waals surface area contributed by atoms with Crippen LogP contribution in [0.15, 0.2) is 24.3 Å². The summed E-state index contributed by atoms with van der Waals surface area (Å²) in [6.45, 7) is 0.577. The maximum Gasteiger partial charge on any atom is 0.143 e. The van der Waals surface area contributed by atoms with Gasteiger partial charge in [-0.15, -0.1) is 11.3 Å². The van der Waals surface area contributed by atoms with Crippen LogP contribution in [-0.4, -0.2) is 18.6 Å². The van der Waals surface area contributed by atoms with E-state index in [1.807, 2.05) is 24.3 Å². The van der Waals surface area contributed by atoms with Gasteiger partial charge >= 0.3 is 0 Å². The van der Waals surface area contributed by atoms with Crippen molar-refractivity contribution in [1.82, 2.24) is 4.98 Å². The predicted molar refractivity (Wildman–Crippen MR) is 71.9 cm³/mol. The van der Waals surface area contributed by atoms with Gasteiger partial charge in [0.15, 0.2) is 0 Å². The Kier molecular flexibility index (Phi) is 3.99. The lowest BCUT2D eigenvalue weighted by Crippen LogP contribution is -2.01. The Hall–Kier alpha value is -1.10. The fraction of sp³-hybridized carbons (Fsp3) is 0.250. The van der Waals surface area contributed by atoms with E-state index in [1.165, 1.54) is 0 Å². The van der Waals surface area contributed by atoms with Gasteiger partial charge in [0.1, 0.15) is 15.9 Å². The molecule has 1 aromatic carbocycles. The number of aromatic nitrogens is 1. The third kappa shape index (κ3) is 2.60. The summed E-state index contributed by atoms with van der Waals surface area (Å²) in [5.74, 6) is 0.803. The van der Waals surface area contributed by atoms with Crippen LogP contribution in [0.4, 0.5) is 0 Å². The number of hydrogen-bond donors (Lipinski definition) is 1. The van der Waals surface area contributed by atoms with Crippen molar-refractivity contribution < 1.29 is 4.74 Å². The van der Waals surface area contributed by atoms with Gasteiger partial charge in [-0.3, -0.25) is 0 Å². The third-order valence-corrected chi connectivity index (χ3v) is 3.93. The Morgan fingerprint density at radius 2 is 2.18 bits per heavy atom. The molecule has 0 radical (unpaired) electrons. The summed E-state index contributed by atoms with van der Waals surface area (Å²) in [5.41, 5.74) is 6.49.